The van der Waals surface area contributed by atoms with Crippen LogP contribution in [0.5, 0.6) is 0 Å². The second-order valence-corrected chi connectivity index (χ2v) is 9.99. The zero-order valence-corrected chi connectivity index (χ0v) is 21.7. The van der Waals surface area contributed by atoms with Gasteiger partial charge in [-0.1, -0.05) is 6.07 Å². The normalized spacial score (nSPS) is 12.5. The summed E-state index contributed by atoms with van der Waals surface area (Å²) in [5.41, 5.74) is 5.61. The van der Waals surface area contributed by atoms with Crippen molar-refractivity contribution in [3.8, 4) is 17.3 Å². The van der Waals surface area contributed by atoms with Crippen molar-refractivity contribution in [1.29, 1.82) is 5.26 Å². The van der Waals surface area contributed by atoms with Crippen molar-refractivity contribution >= 4 is 12.1 Å². The Morgan fingerprint density at radius 2 is 1.89 bits per heavy atom. The molecule has 0 spiro atoms. The maximum absolute atomic E-state index is 13.0. The lowest BCUT2D eigenvalue weighted by molar-refractivity contribution is 0.0230. The first kappa shape index (κ1) is 25.8. The molecule has 37 heavy (non-hydrogen) atoms. The Labute approximate surface area is 216 Å². The van der Waals surface area contributed by atoms with Crippen molar-refractivity contribution in [3.63, 3.8) is 0 Å². The van der Waals surface area contributed by atoms with Gasteiger partial charge in [-0.15, -0.1) is 0 Å². The smallest absolute Gasteiger partial charge is 0.410 e. The number of ether oxygens (including phenoxy) is 2. The lowest BCUT2D eigenvalue weighted by Crippen LogP contribution is -2.38. The highest BCUT2D eigenvalue weighted by Gasteiger charge is 2.26. The fourth-order valence-corrected chi connectivity index (χ4v) is 4.06. The zero-order valence-electron chi connectivity index (χ0n) is 21.7. The Kier molecular flexibility index (Phi) is 7.21. The van der Waals surface area contributed by atoms with Crippen LogP contribution in [0.15, 0.2) is 36.8 Å². The van der Waals surface area contributed by atoms with E-state index in [0.29, 0.717) is 41.2 Å². The summed E-state index contributed by atoms with van der Waals surface area (Å²) in [6, 6.07) is 7.62. The average molecular weight is 500 g/mol. The maximum atomic E-state index is 13.0. The molecule has 3 heterocycles. The van der Waals surface area contributed by atoms with E-state index >= 15 is 0 Å². The van der Waals surface area contributed by atoms with Gasteiger partial charge < -0.3 is 14.4 Å². The zero-order chi connectivity index (χ0) is 26.7. The topological polar surface area (TPSA) is 118 Å². The molecule has 4 rings (SSSR count). The summed E-state index contributed by atoms with van der Waals surface area (Å²) in [5.74, 6) is 0.164. The molecule has 9 heteroatoms. The van der Waals surface area contributed by atoms with Crippen molar-refractivity contribution in [2.75, 3.05) is 6.54 Å². The molecule has 0 saturated carbocycles. The van der Waals surface area contributed by atoms with Crippen molar-refractivity contribution in [1.82, 2.24) is 19.9 Å². The number of rotatable bonds is 6. The van der Waals surface area contributed by atoms with Crippen LogP contribution in [0, 0.1) is 25.2 Å². The van der Waals surface area contributed by atoms with Gasteiger partial charge in [-0.05, 0) is 69.9 Å². The van der Waals surface area contributed by atoms with Gasteiger partial charge in [0, 0.05) is 36.3 Å². The highest BCUT2D eigenvalue weighted by atomic mass is 16.6. The van der Waals surface area contributed by atoms with Gasteiger partial charge in [0.15, 0.2) is 0 Å². The molecule has 0 aliphatic carbocycles. The molecule has 3 aromatic rings. The van der Waals surface area contributed by atoms with Crippen molar-refractivity contribution in [2.45, 2.75) is 59.8 Å². The number of carbonyl (C=O) groups is 2. The van der Waals surface area contributed by atoms with Crippen LogP contribution in [0.1, 0.15) is 64.8 Å². The quantitative estimate of drug-likeness (QED) is 0.449. The summed E-state index contributed by atoms with van der Waals surface area (Å²) in [4.78, 5) is 39.7. The van der Waals surface area contributed by atoms with E-state index in [-0.39, 0.29) is 19.1 Å². The number of hydrogen-bond acceptors (Lipinski definition) is 8. The van der Waals surface area contributed by atoms with E-state index in [4.69, 9.17) is 14.7 Å². The summed E-state index contributed by atoms with van der Waals surface area (Å²) in [7, 11) is 0. The highest BCUT2D eigenvalue weighted by Crippen LogP contribution is 2.26. The molecule has 1 aromatic carbocycles. The number of carbonyl (C=O) groups excluding carboxylic acids is 2. The molecule has 0 atom stereocenters. The van der Waals surface area contributed by atoms with Crippen molar-refractivity contribution < 1.29 is 19.1 Å². The van der Waals surface area contributed by atoms with Crippen LogP contribution in [0.3, 0.4) is 0 Å². The Hall–Kier alpha value is -4.32. The Balaban J connectivity index is 1.52. The summed E-state index contributed by atoms with van der Waals surface area (Å²) in [5, 5.41) is 9.12. The van der Waals surface area contributed by atoms with Crippen LogP contribution in [0.25, 0.3) is 11.3 Å². The van der Waals surface area contributed by atoms with Gasteiger partial charge in [0.2, 0.25) is 0 Å². The molecule has 0 radical (unpaired) electrons. The minimum atomic E-state index is -0.652. The van der Waals surface area contributed by atoms with E-state index in [1.165, 1.54) is 6.20 Å². The van der Waals surface area contributed by atoms with Gasteiger partial charge >= 0.3 is 12.1 Å². The van der Waals surface area contributed by atoms with E-state index in [9.17, 15) is 9.59 Å². The van der Waals surface area contributed by atoms with E-state index in [1.807, 2.05) is 46.8 Å². The first-order valence-electron chi connectivity index (χ1n) is 12.0. The second-order valence-electron chi connectivity index (χ2n) is 9.99. The summed E-state index contributed by atoms with van der Waals surface area (Å²) in [6.45, 7) is 10.1. The molecular weight excluding hydrogens is 470 g/mol. The lowest BCUT2D eigenvalue weighted by atomic mass is 9.97. The average Bonchev–Trinajstić information content (AvgIpc) is 3.23. The van der Waals surface area contributed by atoms with E-state index in [1.54, 1.807) is 23.4 Å². The number of cyclic esters (lactones) is 1. The predicted molar refractivity (Wildman–Crippen MR) is 135 cm³/mol. The van der Waals surface area contributed by atoms with Gasteiger partial charge in [-0.3, -0.25) is 4.98 Å². The maximum Gasteiger partial charge on any atom is 0.410 e. The molecule has 190 valence electrons. The number of fused-ring (bicyclic) bond motifs is 1. The number of hydrogen-bond donors (Lipinski definition) is 0. The Bertz CT molecular complexity index is 1390. The predicted octanol–water partition coefficient (Wildman–Crippen LogP) is 4.68. The second kappa shape index (κ2) is 10.3. The number of aryl methyl sites for hydroxylation is 1. The largest absolute Gasteiger partial charge is 0.457 e. The van der Waals surface area contributed by atoms with Gasteiger partial charge in [-0.2, -0.15) is 5.26 Å². The minimum Gasteiger partial charge on any atom is -0.457 e. The summed E-state index contributed by atoms with van der Waals surface area (Å²) >= 11 is 0. The monoisotopic (exact) mass is 499 g/mol. The fraction of sp³-hybridized carbons (Fsp3) is 0.357. The van der Waals surface area contributed by atoms with E-state index in [0.717, 1.165) is 22.3 Å². The fourth-order valence-electron chi connectivity index (χ4n) is 4.06. The number of esters is 1. The molecule has 2 aromatic heterocycles. The van der Waals surface area contributed by atoms with Crippen LogP contribution in [-0.4, -0.2) is 44.1 Å². The van der Waals surface area contributed by atoms with Crippen LogP contribution >= 0.6 is 0 Å². The molecule has 1 aliphatic rings. The first-order valence-corrected chi connectivity index (χ1v) is 12.0. The van der Waals surface area contributed by atoms with Gasteiger partial charge in [-0.25, -0.2) is 19.6 Å². The highest BCUT2D eigenvalue weighted by molar-refractivity contribution is 5.93. The van der Waals surface area contributed by atoms with Gasteiger partial charge in [0.25, 0.3) is 0 Å². The number of amides is 1. The number of aromatic nitrogens is 3. The minimum absolute atomic E-state index is 0.167. The third-order valence-electron chi connectivity index (χ3n) is 6.15. The van der Waals surface area contributed by atoms with Crippen molar-refractivity contribution in [3.05, 3.63) is 76.0 Å². The number of pyridine rings is 1. The molecule has 1 aliphatic heterocycles. The number of benzene rings is 1. The Morgan fingerprint density at radius 1 is 1.16 bits per heavy atom. The molecule has 0 unspecified atom stereocenters. The standard InChI is InChI=1S/C28H29N5O4/c1-17-10-24(30-12-20(17)11-29)21-13-31-25(32-14-21)15-33(27(35)37-28(3,4)5)9-8-19-6-7-22-23(18(19)2)16-36-26(22)34/h6-7,10,12-14H,8-9,15-16H2,1-5H3. The number of nitriles is 1. The molecule has 0 saturated heterocycles. The lowest BCUT2D eigenvalue weighted by Gasteiger charge is -2.27. The third-order valence-corrected chi connectivity index (χ3v) is 6.15. The molecule has 0 bridgehead atoms. The van der Waals surface area contributed by atoms with E-state index < -0.39 is 11.7 Å². The molecule has 0 N–H and O–H groups in total. The van der Waals surface area contributed by atoms with Crippen LogP contribution < -0.4 is 0 Å². The summed E-state index contributed by atoms with van der Waals surface area (Å²) < 4.78 is 10.8. The molecular formula is C28H29N5O4. The first-order chi connectivity index (χ1) is 17.6. The Morgan fingerprint density at radius 3 is 2.54 bits per heavy atom. The molecule has 0 fully saturated rings. The molecule has 1 amide bonds. The van der Waals surface area contributed by atoms with Crippen LogP contribution in [0.4, 0.5) is 4.79 Å². The van der Waals surface area contributed by atoms with Crippen LogP contribution in [-0.2, 0) is 29.0 Å². The summed E-state index contributed by atoms with van der Waals surface area (Å²) in [6.07, 6.45) is 4.96. The number of nitrogens with zero attached hydrogens (tertiary/aromatic N) is 5. The SMILES string of the molecule is Cc1cc(-c2cnc(CN(CCc3ccc4c(c3C)COC4=O)C(=O)OC(C)(C)C)nc2)ncc1C#N. The van der Waals surface area contributed by atoms with Crippen molar-refractivity contribution in [2.24, 2.45) is 0 Å². The third kappa shape index (κ3) is 5.92. The van der Waals surface area contributed by atoms with Gasteiger partial charge in [0.05, 0.1) is 23.4 Å². The van der Waals surface area contributed by atoms with E-state index in [2.05, 4.69) is 21.0 Å². The van der Waals surface area contributed by atoms with Gasteiger partial charge in [0.1, 0.15) is 24.1 Å². The molecule has 9 nitrogen and oxygen atoms in total. The van der Waals surface area contributed by atoms with Crippen LogP contribution in [0.2, 0.25) is 0 Å².